The van der Waals surface area contributed by atoms with Crippen LogP contribution in [0.2, 0.25) is 0 Å². The van der Waals surface area contributed by atoms with Gasteiger partial charge in [0, 0.05) is 23.3 Å². The van der Waals surface area contributed by atoms with Gasteiger partial charge >= 0.3 is 0 Å². The molecule has 0 aliphatic heterocycles. The third-order valence-electron chi connectivity index (χ3n) is 2.60. The maximum Gasteiger partial charge on any atom is 0.158 e. The smallest absolute Gasteiger partial charge is 0.158 e. The third-order valence-corrected chi connectivity index (χ3v) is 3.54. The zero-order chi connectivity index (χ0) is 14.4. The lowest BCUT2D eigenvalue weighted by Gasteiger charge is -2.11. The summed E-state index contributed by atoms with van der Waals surface area (Å²) < 4.78 is 6.51. The van der Waals surface area contributed by atoms with E-state index in [1.807, 2.05) is 44.3 Å². The lowest BCUT2D eigenvalue weighted by molar-refractivity contribution is 0.128. The molecule has 1 aromatic carbocycles. The summed E-state index contributed by atoms with van der Waals surface area (Å²) in [6, 6.07) is 9.94. The van der Waals surface area contributed by atoms with Gasteiger partial charge in [0.1, 0.15) is 18.2 Å². The fourth-order valence-corrected chi connectivity index (χ4v) is 2.17. The molecule has 6 heteroatoms. The first-order valence-corrected chi connectivity index (χ1v) is 7.45. The first kappa shape index (κ1) is 15.0. The minimum atomic E-state index is 0.409. The van der Waals surface area contributed by atoms with E-state index < -0.39 is 0 Å². The molecule has 1 aromatic heterocycles. The second kappa shape index (κ2) is 7.39. The van der Waals surface area contributed by atoms with Crippen LogP contribution >= 0.6 is 22.6 Å². The highest BCUT2D eigenvalue weighted by atomic mass is 127. The predicted molar refractivity (Wildman–Crippen MR) is 89.4 cm³/mol. The molecule has 0 saturated carbocycles. The average Bonchev–Trinajstić information content (AvgIpc) is 2.47. The van der Waals surface area contributed by atoms with Gasteiger partial charge in [-0.15, -0.1) is 0 Å². The van der Waals surface area contributed by atoms with Gasteiger partial charge in [-0.1, -0.05) is 12.1 Å². The summed E-state index contributed by atoms with van der Waals surface area (Å²) in [7, 11) is 1.84. The Morgan fingerprint density at radius 1 is 1.20 bits per heavy atom. The van der Waals surface area contributed by atoms with Crippen LogP contribution in [0.3, 0.4) is 0 Å². The predicted octanol–water partition coefficient (Wildman–Crippen LogP) is 3.40. The highest BCUT2D eigenvalue weighted by Gasteiger charge is 2.06. The minimum absolute atomic E-state index is 0.409. The van der Waals surface area contributed by atoms with Crippen molar-refractivity contribution in [2.24, 2.45) is 0 Å². The molecule has 0 spiro atoms. The Bertz CT molecular complexity index is 577. The molecule has 2 rings (SSSR count). The van der Waals surface area contributed by atoms with E-state index in [-0.39, 0.29) is 0 Å². The van der Waals surface area contributed by atoms with Gasteiger partial charge in [0.15, 0.2) is 5.82 Å². The number of rotatable bonds is 6. The number of anilines is 3. The zero-order valence-electron chi connectivity index (χ0n) is 11.5. The van der Waals surface area contributed by atoms with Gasteiger partial charge in [-0.05, 0) is 41.6 Å². The normalized spacial score (nSPS) is 10.3. The van der Waals surface area contributed by atoms with Crippen LogP contribution in [0.15, 0.2) is 30.3 Å². The standard InChI is InChI=1S/C14H17IN4O/c1-3-20-9-14-18-12(16-2)8-13(19-14)17-11-7-5-4-6-10(11)15/h4-8H,3,9H2,1-2H3,(H2,16,17,18,19). The number of ether oxygens (including phenoxy) is 1. The summed E-state index contributed by atoms with van der Waals surface area (Å²) in [5.41, 5.74) is 1.02. The monoisotopic (exact) mass is 384 g/mol. The Morgan fingerprint density at radius 2 is 1.95 bits per heavy atom. The number of hydrogen-bond donors (Lipinski definition) is 2. The Balaban J connectivity index is 2.24. The lowest BCUT2D eigenvalue weighted by Crippen LogP contribution is -2.06. The van der Waals surface area contributed by atoms with Gasteiger partial charge in [-0.3, -0.25) is 0 Å². The van der Waals surface area contributed by atoms with E-state index in [9.17, 15) is 0 Å². The van der Waals surface area contributed by atoms with Crippen LogP contribution in [0.4, 0.5) is 17.3 Å². The van der Waals surface area contributed by atoms with E-state index in [2.05, 4.69) is 43.2 Å². The van der Waals surface area contributed by atoms with Crippen LogP contribution in [0.1, 0.15) is 12.7 Å². The van der Waals surface area contributed by atoms with Crippen molar-refractivity contribution in [1.82, 2.24) is 9.97 Å². The average molecular weight is 384 g/mol. The number of benzene rings is 1. The molecular weight excluding hydrogens is 367 g/mol. The van der Waals surface area contributed by atoms with E-state index in [4.69, 9.17) is 4.74 Å². The molecule has 0 unspecified atom stereocenters. The lowest BCUT2D eigenvalue weighted by atomic mass is 10.3. The molecule has 0 radical (unpaired) electrons. The number of hydrogen-bond acceptors (Lipinski definition) is 5. The highest BCUT2D eigenvalue weighted by Crippen LogP contribution is 2.22. The topological polar surface area (TPSA) is 59.1 Å². The molecule has 0 fully saturated rings. The molecule has 0 amide bonds. The van der Waals surface area contributed by atoms with Crippen LogP contribution in [0.5, 0.6) is 0 Å². The number of nitrogens with one attached hydrogen (secondary N) is 2. The van der Waals surface area contributed by atoms with Crippen LogP contribution in [-0.4, -0.2) is 23.6 Å². The molecule has 20 heavy (non-hydrogen) atoms. The Morgan fingerprint density at radius 3 is 2.65 bits per heavy atom. The van der Waals surface area contributed by atoms with E-state index in [0.717, 1.165) is 20.9 Å². The largest absolute Gasteiger partial charge is 0.374 e. The van der Waals surface area contributed by atoms with Gasteiger partial charge in [-0.2, -0.15) is 0 Å². The number of nitrogens with zero attached hydrogens (tertiary/aromatic N) is 2. The minimum Gasteiger partial charge on any atom is -0.374 e. The highest BCUT2D eigenvalue weighted by molar-refractivity contribution is 14.1. The Labute approximate surface area is 132 Å². The summed E-state index contributed by atoms with van der Waals surface area (Å²) in [5.74, 6) is 2.18. The SMILES string of the molecule is CCOCc1nc(NC)cc(Nc2ccccc2I)n1. The maximum absolute atomic E-state index is 5.37. The van der Waals surface area contributed by atoms with Crippen LogP contribution in [0.25, 0.3) is 0 Å². The van der Waals surface area contributed by atoms with Crippen LogP contribution < -0.4 is 10.6 Å². The maximum atomic E-state index is 5.37. The van der Waals surface area contributed by atoms with Gasteiger partial charge in [0.2, 0.25) is 0 Å². The molecule has 2 aromatic rings. The molecule has 0 aliphatic carbocycles. The van der Waals surface area contributed by atoms with Crippen molar-refractivity contribution in [2.75, 3.05) is 24.3 Å². The van der Waals surface area contributed by atoms with Gasteiger partial charge in [0.25, 0.3) is 0 Å². The van der Waals surface area contributed by atoms with Crippen molar-refractivity contribution >= 4 is 39.9 Å². The molecule has 0 bridgehead atoms. The molecule has 0 saturated heterocycles. The molecule has 106 valence electrons. The van der Waals surface area contributed by atoms with E-state index >= 15 is 0 Å². The summed E-state index contributed by atoms with van der Waals surface area (Å²) in [5, 5.41) is 6.35. The van der Waals surface area contributed by atoms with E-state index in [1.54, 1.807) is 0 Å². The zero-order valence-corrected chi connectivity index (χ0v) is 13.6. The summed E-state index contributed by atoms with van der Waals surface area (Å²) in [4.78, 5) is 8.83. The van der Waals surface area contributed by atoms with Crippen molar-refractivity contribution in [3.05, 3.63) is 39.7 Å². The number of halogens is 1. The van der Waals surface area contributed by atoms with Crippen molar-refractivity contribution < 1.29 is 4.74 Å². The fourth-order valence-electron chi connectivity index (χ4n) is 1.65. The molecule has 0 aliphatic rings. The number of aromatic nitrogens is 2. The van der Waals surface area contributed by atoms with Crippen molar-refractivity contribution in [1.29, 1.82) is 0 Å². The quantitative estimate of drug-likeness (QED) is 0.748. The second-order valence-electron chi connectivity index (χ2n) is 4.05. The molecule has 5 nitrogen and oxygen atoms in total. The van der Waals surface area contributed by atoms with Crippen LogP contribution in [0, 0.1) is 3.57 Å². The molecule has 2 N–H and O–H groups in total. The third kappa shape index (κ3) is 4.04. The van der Waals surface area contributed by atoms with Crippen LogP contribution in [-0.2, 0) is 11.3 Å². The van der Waals surface area contributed by atoms with Crippen molar-refractivity contribution in [3.63, 3.8) is 0 Å². The van der Waals surface area contributed by atoms with Gasteiger partial charge < -0.3 is 15.4 Å². The Hall–Kier alpha value is -1.41. The first-order valence-electron chi connectivity index (χ1n) is 6.38. The van der Waals surface area contributed by atoms with E-state index in [0.29, 0.717) is 19.0 Å². The number of para-hydroxylation sites is 1. The fraction of sp³-hybridized carbons (Fsp3) is 0.286. The van der Waals surface area contributed by atoms with E-state index in [1.165, 1.54) is 0 Å². The summed E-state index contributed by atoms with van der Waals surface area (Å²) in [6.07, 6.45) is 0. The molecular formula is C14H17IN4O. The molecule has 0 atom stereocenters. The second-order valence-corrected chi connectivity index (χ2v) is 5.21. The van der Waals surface area contributed by atoms with Gasteiger partial charge in [0.05, 0.1) is 5.69 Å². The molecule has 1 heterocycles. The van der Waals surface area contributed by atoms with Gasteiger partial charge in [-0.25, -0.2) is 9.97 Å². The summed E-state index contributed by atoms with van der Waals surface area (Å²) >= 11 is 2.29. The first-order chi connectivity index (χ1) is 9.72. The Kier molecular flexibility index (Phi) is 5.54. The summed E-state index contributed by atoms with van der Waals surface area (Å²) in [6.45, 7) is 3.01. The van der Waals surface area contributed by atoms with Crippen molar-refractivity contribution in [3.8, 4) is 0 Å². The van der Waals surface area contributed by atoms with Crippen molar-refractivity contribution in [2.45, 2.75) is 13.5 Å².